The van der Waals surface area contributed by atoms with E-state index in [2.05, 4.69) is 120 Å². The molecule has 0 amide bonds. The first-order chi connectivity index (χ1) is 19.7. The van der Waals surface area contributed by atoms with Crippen LogP contribution < -0.4 is 4.90 Å². The first-order valence-corrected chi connectivity index (χ1v) is 14.4. The number of hydrogen-bond donors (Lipinski definition) is 0. The SMILES string of the molecule is Clc1ccc2c(c1)oc1c(-c3ccccc3)cc(N(c3ccccc3)c3ccc4sc5ccccc5c4c3)cc12. The van der Waals surface area contributed by atoms with Crippen molar-refractivity contribution in [2.45, 2.75) is 0 Å². The van der Waals surface area contributed by atoms with Gasteiger partial charge in [0.15, 0.2) is 0 Å². The van der Waals surface area contributed by atoms with Crippen molar-refractivity contribution in [2.24, 2.45) is 0 Å². The van der Waals surface area contributed by atoms with Crippen LogP contribution in [0.25, 0.3) is 53.2 Å². The summed E-state index contributed by atoms with van der Waals surface area (Å²) in [5.74, 6) is 0. The van der Waals surface area contributed by atoms with Crippen LogP contribution in [0.2, 0.25) is 5.02 Å². The quantitative estimate of drug-likeness (QED) is 0.216. The van der Waals surface area contributed by atoms with E-state index in [1.165, 1.54) is 20.2 Å². The van der Waals surface area contributed by atoms with E-state index in [1.807, 2.05) is 29.5 Å². The lowest BCUT2D eigenvalue weighted by Gasteiger charge is -2.26. The van der Waals surface area contributed by atoms with Gasteiger partial charge in [-0.15, -0.1) is 11.3 Å². The van der Waals surface area contributed by atoms with Crippen LogP contribution in [0.3, 0.4) is 0 Å². The van der Waals surface area contributed by atoms with Gasteiger partial charge in [0, 0.05) is 64.7 Å². The van der Waals surface area contributed by atoms with Crippen molar-refractivity contribution in [2.75, 3.05) is 4.90 Å². The molecule has 0 fully saturated rings. The molecule has 6 aromatic carbocycles. The summed E-state index contributed by atoms with van der Waals surface area (Å²) in [7, 11) is 0. The maximum Gasteiger partial charge on any atom is 0.143 e. The number of hydrogen-bond acceptors (Lipinski definition) is 3. The Balaban J connectivity index is 1.44. The second-order valence-corrected chi connectivity index (χ2v) is 11.4. The normalized spacial score (nSPS) is 11.6. The molecule has 2 nitrogen and oxygen atoms in total. The average molecular weight is 552 g/mol. The van der Waals surface area contributed by atoms with Crippen LogP contribution in [-0.2, 0) is 0 Å². The Morgan fingerprint density at radius 1 is 0.525 bits per heavy atom. The summed E-state index contributed by atoms with van der Waals surface area (Å²) in [6, 6.07) is 46.8. The van der Waals surface area contributed by atoms with E-state index in [4.69, 9.17) is 16.0 Å². The highest BCUT2D eigenvalue weighted by Gasteiger charge is 2.20. The maximum atomic E-state index is 6.46. The van der Waals surface area contributed by atoms with E-state index in [0.717, 1.165) is 50.1 Å². The average Bonchev–Trinajstić information content (AvgIpc) is 3.55. The summed E-state index contributed by atoms with van der Waals surface area (Å²) >= 11 is 8.19. The number of rotatable bonds is 4. The molecule has 0 unspecified atom stereocenters. The number of thiophene rings is 1. The lowest BCUT2D eigenvalue weighted by molar-refractivity contribution is 0.670. The molecule has 0 aliphatic rings. The van der Waals surface area contributed by atoms with Gasteiger partial charge in [-0.25, -0.2) is 0 Å². The molecule has 190 valence electrons. The van der Waals surface area contributed by atoms with Crippen molar-refractivity contribution in [3.8, 4) is 11.1 Å². The van der Waals surface area contributed by atoms with Gasteiger partial charge in [-0.1, -0.05) is 78.3 Å². The number of fused-ring (bicyclic) bond motifs is 6. The van der Waals surface area contributed by atoms with Gasteiger partial charge in [-0.2, -0.15) is 0 Å². The molecule has 0 spiro atoms. The predicted octanol–water partition coefficient (Wildman–Crippen LogP) is 11.7. The molecule has 0 N–H and O–H groups in total. The Kier molecular flexibility index (Phi) is 5.41. The minimum Gasteiger partial charge on any atom is -0.455 e. The first-order valence-electron chi connectivity index (χ1n) is 13.2. The predicted molar refractivity (Wildman–Crippen MR) is 172 cm³/mol. The van der Waals surface area contributed by atoms with Crippen LogP contribution in [-0.4, -0.2) is 0 Å². The number of halogens is 1. The largest absolute Gasteiger partial charge is 0.455 e. The maximum absolute atomic E-state index is 6.46. The third-order valence-electron chi connectivity index (χ3n) is 7.50. The summed E-state index contributed by atoms with van der Waals surface area (Å²) in [6.45, 7) is 0. The molecule has 8 rings (SSSR count). The number of nitrogens with zero attached hydrogens (tertiary/aromatic N) is 1. The van der Waals surface area contributed by atoms with E-state index in [-0.39, 0.29) is 0 Å². The van der Waals surface area contributed by atoms with Gasteiger partial charge >= 0.3 is 0 Å². The van der Waals surface area contributed by atoms with E-state index in [0.29, 0.717) is 5.02 Å². The van der Waals surface area contributed by atoms with E-state index >= 15 is 0 Å². The molecule has 0 aliphatic carbocycles. The summed E-state index contributed by atoms with van der Waals surface area (Å²) in [5.41, 5.74) is 7.06. The Morgan fingerprint density at radius 3 is 2.10 bits per heavy atom. The molecule has 0 aliphatic heterocycles. The molecule has 4 heteroatoms. The van der Waals surface area contributed by atoms with Crippen LogP contribution in [0.1, 0.15) is 0 Å². The molecule has 0 bridgehead atoms. The van der Waals surface area contributed by atoms with E-state index in [1.54, 1.807) is 0 Å². The van der Waals surface area contributed by atoms with Gasteiger partial charge in [-0.05, 0) is 66.2 Å². The van der Waals surface area contributed by atoms with Gasteiger partial charge in [0.2, 0.25) is 0 Å². The second-order valence-electron chi connectivity index (χ2n) is 9.93. The molecule has 0 atom stereocenters. The van der Waals surface area contributed by atoms with Gasteiger partial charge in [0.25, 0.3) is 0 Å². The van der Waals surface area contributed by atoms with Gasteiger partial charge in [0.05, 0.1) is 0 Å². The van der Waals surface area contributed by atoms with Crippen LogP contribution in [0.15, 0.2) is 138 Å². The first kappa shape index (κ1) is 23.3. The topological polar surface area (TPSA) is 16.4 Å². The minimum atomic E-state index is 0.662. The molecule has 0 radical (unpaired) electrons. The Bertz CT molecular complexity index is 2180. The molecular weight excluding hydrogens is 530 g/mol. The van der Waals surface area contributed by atoms with Crippen molar-refractivity contribution < 1.29 is 4.42 Å². The summed E-state index contributed by atoms with van der Waals surface area (Å²) in [5, 5.41) is 5.33. The second kappa shape index (κ2) is 9.27. The lowest BCUT2D eigenvalue weighted by atomic mass is 10.00. The molecule has 40 heavy (non-hydrogen) atoms. The monoisotopic (exact) mass is 551 g/mol. The zero-order chi connectivity index (χ0) is 26.6. The molecule has 2 heterocycles. The van der Waals surface area contributed by atoms with Crippen LogP contribution >= 0.6 is 22.9 Å². The number of anilines is 3. The fraction of sp³-hybridized carbons (Fsp3) is 0. The number of benzene rings is 6. The fourth-order valence-electron chi connectivity index (χ4n) is 5.68. The number of para-hydroxylation sites is 1. The third kappa shape index (κ3) is 3.78. The van der Waals surface area contributed by atoms with Crippen LogP contribution in [0, 0.1) is 0 Å². The highest BCUT2D eigenvalue weighted by Crippen LogP contribution is 2.45. The van der Waals surface area contributed by atoms with Crippen molar-refractivity contribution in [1.82, 2.24) is 0 Å². The zero-order valence-corrected chi connectivity index (χ0v) is 22.9. The Labute approximate surface area is 240 Å². The zero-order valence-electron chi connectivity index (χ0n) is 21.3. The van der Waals surface area contributed by atoms with Crippen molar-refractivity contribution in [3.63, 3.8) is 0 Å². The molecular formula is C36H22ClNOS. The molecule has 0 saturated carbocycles. The summed E-state index contributed by atoms with van der Waals surface area (Å²) in [4.78, 5) is 2.34. The summed E-state index contributed by atoms with van der Waals surface area (Å²) in [6.07, 6.45) is 0. The van der Waals surface area contributed by atoms with Gasteiger partial charge < -0.3 is 9.32 Å². The third-order valence-corrected chi connectivity index (χ3v) is 8.88. The van der Waals surface area contributed by atoms with Crippen molar-refractivity contribution in [3.05, 3.63) is 138 Å². The highest BCUT2D eigenvalue weighted by molar-refractivity contribution is 7.25. The van der Waals surface area contributed by atoms with Gasteiger partial charge in [0.1, 0.15) is 11.2 Å². The van der Waals surface area contributed by atoms with Crippen LogP contribution in [0.5, 0.6) is 0 Å². The highest BCUT2D eigenvalue weighted by atomic mass is 35.5. The smallest absolute Gasteiger partial charge is 0.143 e. The minimum absolute atomic E-state index is 0.662. The summed E-state index contributed by atoms with van der Waals surface area (Å²) < 4.78 is 9.05. The number of furan rings is 1. The Morgan fingerprint density at radius 2 is 1.25 bits per heavy atom. The lowest BCUT2D eigenvalue weighted by Crippen LogP contribution is -2.10. The molecule has 8 aromatic rings. The molecule has 0 saturated heterocycles. The van der Waals surface area contributed by atoms with Crippen LogP contribution in [0.4, 0.5) is 17.1 Å². The van der Waals surface area contributed by atoms with Gasteiger partial charge in [-0.3, -0.25) is 0 Å². The Hall–Kier alpha value is -4.57. The standard InChI is InChI=1S/C36H22ClNOS/c37-24-15-17-28-32-22-27(21-30(23-9-3-1-4-10-23)36(32)39-33(28)19-24)38(25-11-5-2-6-12-25)26-16-18-35-31(20-26)29-13-7-8-14-34(29)40-35/h1-22H. The van der Waals surface area contributed by atoms with E-state index in [9.17, 15) is 0 Å². The van der Waals surface area contributed by atoms with Crippen molar-refractivity contribution in [1.29, 1.82) is 0 Å². The van der Waals surface area contributed by atoms with Crippen molar-refractivity contribution >= 4 is 82.1 Å². The van der Waals surface area contributed by atoms with E-state index < -0.39 is 0 Å². The fourth-order valence-corrected chi connectivity index (χ4v) is 6.92. The molecule has 2 aromatic heterocycles.